The fourth-order valence-corrected chi connectivity index (χ4v) is 3.10. The van der Waals surface area contributed by atoms with Crippen LogP contribution in [0.1, 0.15) is 18.9 Å². The topological polar surface area (TPSA) is 83.7 Å². The largest absolute Gasteiger partial charge is 0.480 e. The predicted molar refractivity (Wildman–Crippen MR) is 66.6 cm³/mol. The molecule has 1 saturated heterocycles. The molecular formula is C11H14N2O4S. The van der Waals surface area contributed by atoms with E-state index in [2.05, 4.69) is 0 Å². The van der Waals surface area contributed by atoms with Crippen LogP contribution in [0, 0.1) is 16.0 Å². The second kappa shape index (κ2) is 5.03. The lowest BCUT2D eigenvalue weighted by Gasteiger charge is -2.22. The Morgan fingerprint density at radius 1 is 1.72 bits per heavy atom. The summed E-state index contributed by atoms with van der Waals surface area (Å²) in [5.41, 5.74) is 0.812. The molecule has 98 valence electrons. The van der Waals surface area contributed by atoms with Crippen molar-refractivity contribution in [2.24, 2.45) is 5.92 Å². The summed E-state index contributed by atoms with van der Waals surface area (Å²) in [4.78, 5) is 23.2. The van der Waals surface area contributed by atoms with Gasteiger partial charge in [0.1, 0.15) is 6.04 Å². The zero-order valence-electron chi connectivity index (χ0n) is 9.91. The average molecular weight is 270 g/mol. The molecule has 18 heavy (non-hydrogen) atoms. The number of nitrogens with zero attached hydrogens (tertiary/aromatic N) is 2. The van der Waals surface area contributed by atoms with E-state index in [4.69, 9.17) is 0 Å². The van der Waals surface area contributed by atoms with Crippen molar-refractivity contribution >= 4 is 22.3 Å². The lowest BCUT2D eigenvalue weighted by Crippen LogP contribution is -2.38. The zero-order valence-corrected chi connectivity index (χ0v) is 10.7. The molecule has 0 saturated carbocycles. The minimum absolute atomic E-state index is 0.101. The molecule has 0 aromatic carbocycles. The van der Waals surface area contributed by atoms with E-state index < -0.39 is 16.9 Å². The molecule has 2 unspecified atom stereocenters. The van der Waals surface area contributed by atoms with Crippen LogP contribution in [0.3, 0.4) is 0 Å². The van der Waals surface area contributed by atoms with Gasteiger partial charge in [-0.1, -0.05) is 18.3 Å². The molecule has 1 aliphatic heterocycles. The van der Waals surface area contributed by atoms with Crippen molar-refractivity contribution in [3.8, 4) is 0 Å². The van der Waals surface area contributed by atoms with Crippen LogP contribution in [0.5, 0.6) is 0 Å². The standard InChI is InChI=1S/C11H14N2O4S/c1-7-2-3-12(10(7)11(14)15)5-8-4-9(13(16)17)18-6-8/h4,6-7,10H,2-3,5H2,1H3,(H,14,15). The Labute approximate surface area is 108 Å². The van der Waals surface area contributed by atoms with Gasteiger partial charge in [-0.2, -0.15) is 0 Å². The van der Waals surface area contributed by atoms with Gasteiger partial charge in [0.15, 0.2) is 0 Å². The molecule has 0 radical (unpaired) electrons. The molecule has 1 fully saturated rings. The van der Waals surface area contributed by atoms with Crippen LogP contribution in [0.25, 0.3) is 0 Å². The Bertz CT molecular complexity index is 473. The highest BCUT2D eigenvalue weighted by Crippen LogP contribution is 2.29. The van der Waals surface area contributed by atoms with Crippen LogP contribution in [0.15, 0.2) is 11.4 Å². The Morgan fingerprint density at radius 2 is 2.44 bits per heavy atom. The molecule has 2 atom stereocenters. The van der Waals surface area contributed by atoms with Gasteiger partial charge < -0.3 is 5.11 Å². The number of thiophene rings is 1. The van der Waals surface area contributed by atoms with Gasteiger partial charge in [-0.05, 0) is 24.4 Å². The number of hydrogen-bond acceptors (Lipinski definition) is 5. The number of carbonyl (C=O) groups is 1. The summed E-state index contributed by atoms with van der Waals surface area (Å²) in [7, 11) is 0. The summed E-state index contributed by atoms with van der Waals surface area (Å²) in [6.07, 6.45) is 0.850. The summed E-state index contributed by atoms with van der Waals surface area (Å²) in [5.74, 6) is -0.694. The second-order valence-corrected chi connectivity index (χ2v) is 5.46. The van der Waals surface area contributed by atoms with Crippen molar-refractivity contribution in [2.75, 3.05) is 6.54 Å². The summed E-state index contributed by atoms with van der Waals surface area (Å²) in [5, 5.41) is 21.6. The first kappa shape index (κ1) is 13.0. The summed E-state index contributed by atoms with van der Waals surface area (Å²) < 4.78 is 0. The molecular weight excluding hydrogens is 256 g/mol. The number of likely N-dealkylation sites (tertiary alicyclic amines) is 1. The van der Waals surface area contributed by atoms with Crippen LogP contribution in [-0.2, 0) is 11.3 Å². The maximum Gasteiger partial charge on any atom is 0.324 e. The van der Waals surface area contributed by atoms with E-state index >= 15 is 0 Å². The molecule has 7 heteroatoms. The first-order valence-electron chi connectivity index (χ1n) is 5.67. The van der Waals surface area contributed by atoms with Crippen LogP contribution >= 0.6 is 11.3 Å². The van der Waals surface area contributed by atoms with Crippen LogP contribution in [-0.4, -0.2) is 33.5 Å². The van der Waals surface area contributed by atoms with E-state index in [9.17, 15) is 20.0 Å². The monoisotopic (exact) mass is 270 g/mol. The highest BCUT2D eigenvalue weighted by atomic mass is 32.1. The third kappa shape index (κ3) is 2.51. The number of rotatable bonds is 4. The van der Waals surface area contributed by atoms with Crippen LogP contribution in [0.4, 0.5) is 5.00 Å². The summed E-state index contributed by atoms with van der Waals surface area (Å²) in [6.45, 7) is 3.11. The van der Waals surface area contributed by atoms with Crippen molar-refractivity contribution < 1.29 is 14.8 Å². The molecule has 1 aromatic rings. The maximum absolute atomic E-state index is 11.2. The third-order valence-electron chi connectivity index (χ3n) is 3.26. The van der Waals surface area contributed by atoms with E-state index in [0.717, 1.165) is 29.9 Å². The van der Waals surface area contributed by atoms with Crippen molar-refractivity contribution in [2.45, 2.75) is 25.9 Å². The van der Waals surface area contributed by atoms with Gasteiger partial charge in [0.25, 0.3) is 0 Å². The van der Waals surface area contributed by atoms with Crippen molar-refractivity contribution in [3.63, 3.8) is 0 Å². The fraction of sp³-hybridized carbons (Fsp3) is 0.545. The minimum Gasteiger partial charge on any atom is -0.480 e. The lowest BCUT2D eigenvalue weighted by atomic mass is 10.0. The Balaban J connectivity index is 2.08. The van der Waals surface area contributed by atoms with Crippen molar-refractivity contribution in [1.29, 1.82) is 0 Å². The quantitative estimate of drug-likeness (QED) is 0.667. The van der Waals surface area contributed by atoms with E-state index in [1.807, 2.05) is 11.8 Å². The number of carboxylic acids is 1. The van der Waals surface area contributed by atoms with Crippen LogP contribution in [0.2, 0.25) is 0 Å². The van der Waals surface area contributed by atoms with Gasteiger partial charge in [-0.3, -0.25) is 19.8 Å². The second-order valence-electron chi connectivity index (χ2n) is 4.57. The Morgan fingerprint density at radius 3 is 3.00 bits per heavy atom. The maximum atomic E-state index is 11.2. The number of nitro groups is 1. The highest BCUT2D eigenvalue weighted by Gasteiger charge is 2.36. The lowest BCUT2D eigenvalue weighted by molar-refractivity contribution is -0.380. The highest BCUT2D eigenvalue weighted by molar-refractivity contribution is 7.13. The number of hydrogen-bond donors (Lipinski definition) is 1. The molecule has 0 bridgehead atoms. The third-order valence-corrected chi connectivity index (χ3v) is 4.19. The van der Waals surface area contributed by atoms with E-state index in [1.165, 1.54) is 6.07 Å². The first-order chi connectivity index (χ1) is 8.49. The fourth-order valence-electron chi connectivity index (χ4n) is 2.38. The smallest absolute Gasteiger partial charge is 0.324 e. The summed E-state index contributed by atoms with van der Waals surface area (Å²) >= 11 is 1.08. The molecule has 2 rings (SSSR count). The molecule has 2 heterocycles. The Kier molecular flexibility index (Phi) is 3.63. The van der Waals surface area contributed by atoms with Gasteiger partial charge in [-0.15, -0.1) is 0 Å². The van der Waals surface area contributed by atoms with E-state index in [-0.39, 0.29) is 10.9 Å². The number of aliphatic carboxylic acids is 1. The normalized spacial score (nSPS) is 24.3. The molecule has 1 N–H and O–H groups in total. The van der Waals surface area contributed by atoms with Gasteiger partial charge >= 0.3 is 11.0 Å². The molecule has 0 aliphatic carbocycles. The van der Waals surface area contributed by atoms with E-state index in [1.54, 1.807) is 5.38 Å². The minimum atomic E-state index is -0.815. The van der Waals surface area contributed by atoms with Gasteiger partial charge in [0, 0.05) is 18.0 Å². The molecule has 1 aromatic heterocycles. The van der Waals surface area contributed by atoms with Gasteiger partial charge in [0.2, 0.25) is 0 Å². The molecule has 1 aliphatic rings. The van der Waals surface area contributed by atoms with Gasteiger partial charge in [0.05, 0.1) is 4.92 Å². The number of carboxylic acid groups (broad SMARTS) is 1. The SMILES string of the molecule is CC1CCN(Cc2csc([N+](=O)[O-])c2)C1C(=O)O. The van der Waals surface area contributed by atoms with Crippen molar-refractivity contribution in [3.05, 3.63) is 27.1 Å². The van der Waals surface area contributed by atoms with Crippen molar-refractivity contribution in [1.82, 2.24) is 4.90 Å². The average Bonchev–Trinajstić information content (AvgIpc) is 2.86. The van der Waals surface area contributed by atoms with Gasteiger partial charge in [-0.25, -0.2) is 0 Å². The summed E-state index contributed by atoms with van der Waals surface area (Å²) in [6, 6.07) is 1.04. The Hall–Kier alpha value is -1.47. The predicted octanol–water partition coefficient (Wildman–Crippen LogP) is 1.95. The molecule has 6 nitrogen and oxygen atoms in total. The zero-order chi connectivity index (χ0) is 13.3. The van der Waals surface area contributed by atoms with Crippen LogP contribution < -0.4 is 0 Å². The van der Waals surface area contributed by atoms with E-state index in [0.29, 0.717) is 6.54 Å². The molecule has 0 amide bonds. The first-order valence-corrected chi connectivity index (χ1v) is 6.55. The molecule has 0 spiro atoms.